The number of aliphatic hydroxyl groups excluding tert-OH is 1. The summed E-state index contributed by atoms with van der Waals surface area (Å²) in [6, 6.07) is -6.33. The Labute approximate surface area is 421 Å². The monoisotopic (exact) mass is 1030 g/mol. The number of benzene rings is 1. The van der Waals surface area contributed by atoms with Crippen LogP contribution in [0.4, 0.5) is 0 Å². The first kappa shape index (κ1) is 61.7. The highest BCUT2D eigenvalue weighted by Crippen LogP contribution is 2.22. The Morgan fingerprint density at radius 1 is 0.658 bits per heavy atom. The van der Waals surface area contributed by atoms with Gasteiger partial charge < -0.3 is 80.4 Å². The molecule has 9 atom stereocenters. The Kier molecular flexibility index (Phi) is 25.7. The van der Waals surface area contributed by atoms with E-state index >= 15 is 0 Å². The van der Waals surface area contributed by atoms with E-state index in [1.807, 2.05) is 0 Å². The van der Waals surface area contributed by atoms with E-state index in [4.69, 9.17) is 22.9 Å². The number of amides is 11. The summed E-state index contributed by atoms with van der Waals surface area (Å²) in [5.41, 5.74) is 21.8. The third-order valence-corrected chi connectivity index (χ3v) is 12.0. The van der Waals surface area contributed by atoms with E-state index in [-0.39, 0.29) is 63.8 Å². The van der Waals surface area contributed by atoms with Gasteiger partial charge in [-0.05, 0) is 68.2 Å². The van der Waals surface area contributed by atoms with Crippen LogP contribution in [0.25, 0.3) is 0 Å². The predicted molar refractivity (Wildman–Crippen MR) is 258 cm³/mol. The Hall–Kier alpha value is -7.42. The molecule has 18 N–H and O–H groups in total. The summed E-state index contributed by atoms with van der Waals surface area (Å²) >= 11 is 0. The highest BCUT2D eigenvalue weighted by Gasteiger charge is 2.41. The number of phenols is 1. The van der Waals surface area contributed by atoms with Crippen LogP contribution < -0.4 is 60.2 Å². The molecule has 1 saturated heterocycles. The van der Waals surface area contributed by atoms with E-state index in [1.54, 1.807) is 27.7 Å². The number of nitrogens with two attached hydrogens (primary N) is 4. The lowest BCUT2D eigenvalue weighted by Gasteiger charge is -2.32. The molecule has 1 fully saturated rings. The molecule has 0 bridgehead atoms. The lowest BCUT2D eigenvalue weighted by Crippen LogP contribution is -2.61. The SMILES string of the molecule is CC[C@H](C)[C@H](NC(=O)[C@@H]1CCCN1C(=O)[C@H](Cc1ccc(O)cc1)NC(=O)[C@H](CC(N)=O)NC(=O)[C@H](CCC(N)=O)NC(=O)[C@H](CO)NC(=O)CCCN)C(=O)N[C@H](C(=O)N[C@@H](CCC(N)=O)C(=O)O)C(C)C. The molecule has 0 aliphatic carbocycles. The molecule has 0 aromatic heterocycles. The number of hydrogen-bond acceptors (Lipinski definition) is 15. The first-order chi connectivity index (χ1) is 34.3. The second-order valence-electron chi connectivity index (χ2n) is 18.1. The summed E-state index contributed by atoms with van der Waals surface area (Å²) in [6.07, 6.45) is -1.79. The molecule has 1 aromatic carbocycles. The number of carbonyl (C=O) groups is 12. The fourth-order valence-corrected chi connectivity index (χ4v) is 7.61. The van der Waals surface area contributed by atoms with Gasteiger partial charge in [-0.2, -0.15) is 0 Å². The normalized spacial score (nSPS) is 16.4. The number of aromatic hydroxyl groups is 1. The average molecular weight is 1030 g/mol. The van der Waals surface area contributed by atoms with Gasteiger partial charge in [0.2, 0.25) is 65.0 Å². The fourth-order valence-electron chi connectivity index (χ4n) is 7.61. The fraction of sp³-hybridized carbons (Fsp3) is 0.609. The van der Waals surface area contributed by atoms with Gasteiger partial charge in [-0.3, -0.25) is 52.7 Å². The molecule has 406 valence electrons. The number of nitrogens with zero attached hydrogens (tertiary/aromatic N) is 1. The molecule has 0 radical (unpaired) electrons. The average Bonchev–Trinajstić information content (AvgIpc) is 3.83. The van der Waals surface area contributed by atoms with E-state index < -0.39 is 157 Å². The number of rotatable bonds is 32. The van der Waals surface area contributed by atoms with Gasteiger partial charge in [0.25, 0.3) is 0 Å². The number of hydrogen-bond donors (Lipinski definition) is 14. The van der Waals surface area contributed by atoms with Gasteiger partial charge in [0.15, 0.2) is 0 Å². The van der Waals surface area contributed by atoms with Crippen molar-refractivity contribution in [2.45, 2.75) is 147 Å². The number of likely N-dealkylation sites (tertiary alicyclic amines) is 1. The molecule has 0 spiro atoms. The van der Waals surface area contributed by atoms with Crippen LogP contribution in [0, 0.1) is 11.8 Å². The number of carboxylic acid groups (broad SMARTS) is 1. The zero-order valence-corrected chi connectivity index (χ0v) is 41.5. The summed E-state index contributed by atoms with van der Waals surface area (Å²) in [7, 11) is 0. The van der Waals surface area contributed by atoms with Crippen molar-refractivity contribution in [2.75, 3.05) is 19.7 Å². The Bertz CT molecular complexity index is 2140. The molecule has 27 heteroatoms. The standard InChI is InChI=1S/C46H72N12O15/c1-5-24(4)38(44(70)56-37(23(2)3)43(69)53-28(46(72)73)15-17-34(49)62)57-42(68)32-8-7-19-58(32)45(71)30(20-25-10-12-26(60)13-11-25)55-40(66)29(21-35(50)63)54-39(65)27(14-16-33(48)61)52-41(67)31(22-59)51-36(64)9-6-18-47/h10-13,23-24,27-32,37-38,59-60H,5-9,14-22,47H2,1-4H3,(H2,48,61)(H2,49,62)(H2,50,63)(H,51,64)(H,52,67)(H,53,69)(H,54,65)(H,55,66)(H,56,70)(H,57,68)(H,72,73)/t24-,27-,28-,29-,30-,31-,32-,37-,38-/m0/s1. The topological polar surface area (TPSA) is 457 Å². The van der Waals surface area contributed by atoms with Crippen LogP contribution in [0.15, 0.2) is 24.3 Å². The maximum Gasteiger partial charge on any atom is 0.326 e. The number of carboxylic acids is 1. The lowest BCUT2D eigenvalue weighted by molar-refractivity contribution is -0.143. The molecule has 1 aromatic rings. The molecule has 73 heavy (non-hydrogen) atoms. The van der Waals surface area contributed by atoms with Crippen molar-refractivity contribution < 1.29 is 72.9 Å². The van der Waals surface area contributed by atoms with Gasteiger partial charge in [0.05, 0.1) is 13.0 Å². The van der Waals surface area contributed by atoms with Gasteiger partial charge in [0, 0.05) is 32.2 Å². The number of carbonyl (C=O) groups excluding carboxylic acids is 11. The van der Waals surface area contributed by atoms with E-state index in [0.29, 0.717) is 12.0 Å². The zero-order chi connectivity index (χ0) is 55.1. The minimum Gasteiger partial charge on any atom is -0.508 e. The van der Waals surface area contributed by atoms with Crippen molar-refractivity contribution >= 4 is 70.9 Å². The maximum atomic E-state index is 14.6. The molecule has 0 unspecified atom stereocenters. The number of primary amides is 3. The molecule has 1 aliphatic rings. The number of phenolic OH excluding ortho intramolecular Hbond substituents is 1. The van der Waals surface area contributed by atoms with Gasteiger partial charge in [0.1, 0.15) is 54.1 Å². The second-order valence-corrected chi connectivity index (χ2v) is 18.1. The third-order valence-electron chi connectivity index (χ3n) is 12.0. The van der Waals surface area contributed by atoms with Crippen molar-refractivity contribution in [1.29, 1.82) is 0 Å². The van der Waals surface area contributed by atoms with Crippen LogP contribution in [0.5, 0.6) is 5.75 Å². The smallest absolute Gasteiger partial charge is 0.326 e. The quantitative estimate of drug-likeness (QED) is 0.0322. The van der Waals surface area contributed by atoms with Crippen molar-refractivity contribution in [3.8, 4) is 5.75 Å². The third kappa shape index (κ3) is 20.7. The molecule has 11 amide bonds. The number of aliphatic hydroxyl groups is 1. The van der Waals surface area contributed by atoms with Crippen LogP contribution in [-0.2, 0) is 64.0 Å². The Morgan fingerprint density at radius 3 is 1.73 bits per heavy atom. The highest BCUT2D eigenvalue weighted by molar-refractivity contribution is 5.99. The highest BCUT2D eigenvalue weighted by atomic mass is 16.4. The summed E-state index contributed by atoms with van der Waals surface area (Å²) in [6.45, 7) is 5.83. The Morgan fingerprint density at radius 2 is 1.19 bits per heavy atom. The summed E-state index contributed by atoms with van der Waals surface area (Å²) in [5.74, 6) is -12.7. The lowest BCUT2D eigenvalue weighted by atomic mass is 9.95. The largest absolute Gasteiger partial charge is 0.508 e. The molecule has 1 aliphatic heterocycles. The van der Waals surface area contributed by atoms with Crippen LogP contribution in [0.2, 0.25) is 0 Å². The second kappa shape index (κ2) is 30.5. The molecule has 0 saturated carbocycles. The molecule has 27 nitrogen and oxygen atoms in total. The predicted octanol–water partition coefficient (Wildman–Crippen LogP) is -4.76. The van der Waals surface area contributed by atoms with Crippen molar-refractivity contribution in [2.24, 2.45) is 34.8 Å². The summed E-state index contributed by atoms with van der Waals surface area (Å²) < 4.78 is 0. The minimum atomic E-state index is -1.83. The molecule has 2 rings (SSSR count). The van der Waals surface area contributed by atoms with E-state index in [9.17, 15) is 72.9 Å². The Balaban J connectivity index is 2.45. The van der Waals surface area contributed by atoms with Crippen molar-refractivity contribution in [1.82, 2.24) is 42.1 Å². The minimum absolute atomic E-state index is 0.0137. The van der Waals surface area contributed by atoms with Crippen LogP contribution >= 0.6 is 0 Å². The van der Waals surface area contributed by atoms with E-state index in [2.05, 4.69) is 37.2 Å². The summed E-state index contributed by atoms with van der Waals surface area (Å²) in [5, 5.41) is 46.5. The molecule has 1 heterocycles. The zero-order valence-electron chi connectivity index (χ0n) is 41.5. The number of nitrogens with one attached hydrogen (secondary N) is 7. The van der Waals surface area contributed by atoms with Crippen molar-refractivity contribution in [3.05, 3.63) is 29.8 Å². The number of aliphatic carboxylic acids is 1. The molecular formula is C46H72N12O15. The van der Waals surface area contributed by atoms with Gasteiger partial charge in [-0.1, -0.05) is 46.2 Å². The van der Waals surface area contributed by atoms with Crippen molar-refractivity contribution in [3.63, 3.8) is 0 Å². The molecular weight excluding hydrogens is 961 g/mol. The summed E-state index contributed by atoms with van der Waals surface area (Å²) in [4.78, 5) is 158. The van der Waals surface area contributed by atoms with Crippen LogP contribution in [0.3, 0.4) is 0 Å². The van der Waals surface area contributed by atoms with Gasteiger partial charge >= 0.3 is 5.97 Å². The van der Waals surface area contributed by atoms with Gasteiger partial charge in [-0.15, -0.1) is 0 Å². The maximum absolute atomic E-state index is 14.6. The van der Waals surface area contributed by atoms with Gasteiger partial charge in [-0.25, -0.2) is 4.79 Å². The van der Waals surface area contributed by atoms with E-state index in [1.165, 1.54) is 29.2 Å². The first-order valence-electron chi connectivity index (χ1n) is 23.9. The van der Waals surface area contributed by atoms with Crippen LogP contribution in [-0.4, -0.2) is 159 Å². The van der Waals surface area contributed by atoms with E-state index in [0.717, 1.165) is 0 Å². The van der Waals surface area contributed by atoms with Crippen LogP contribution in [0.1, 0.15) is 97.5 Å². The first-order valence-corrected chi connectivity index (χ1v) is 23.9.